The van der Waals surface area contributed by atoms with Gasteiger partial charge in [-0.05, 0) is 24.3 Å². The van der Waals surface area contributed by atoms with E-state index in [9.17, 15) is 0 Å². The molecule has 128 valence electrons. The first-order valence-corrected chi connectivity index (χ1v) is 8.33. The van der Waals surface area contributed by atoms with Gasteiger partial charge < -0.3 is 9.26 Å². The predicted octanol–water partition coefficient (Wildman–Crippen LogP) is 5.13. The third-order valence-electron chi connectivity index (χ3n) is 3.89. The summed E-state index contributed by atoms with van der Waals surface area (Å²) in [5, 5.41) is 4.60. The molecule has 0 aliphatic rings. The van der Waals surface area contributed by atoms with Crippen molar-refractivity contribution in [3.8, 4) is 40.0 Å². The molecule has 0 fully saturated rings. The van der Waals surface area contributed by atoms with E-state index in [-0.39, 0.29) is 0 Å². The summed E-state index contributed by atoms with van der Waals surface area (Å²) in [6.07, 6.45) is 0. The molecule has 2 aromatic heterocycles. The molecule has 0 bridgehead atoms. The van der Waals surface area contributed by atoms with Crippen molar-refractivity contribution >= 4 is 11.6 Å². The second kappa shape index (κ2) is 6.98. The molecule has 0 saturated heterocycles. The van der Waals surface area contributed by atoms with Crippen LogP contribution in [-0.2, 0) is 0 Å². The molecule has 0 amide bonds. The van der Waals surface area contributed by atoms with Crippen LogP contribution in [0.1, 0.15) is 0 Å². The van der Waals surface area contributed by atoms with Gasteiger partial charge >= 0.3 is 0 Å². The van der Waals surface area contributed by atoms with Crippen molar-refractivity contribution in [1.82, 2.24) is 15.1 Å². The molecule has 26 heavy (non-hydrogen) atoms. The molecule has 0 N–H and O–H groups in total. The molecule has 5 nitrogen and oxygen atoms in total. The molecular formula is C20H14ClN3O2. The number of benzene rings is 2. The zero-order chi connectivity index (χ0) is 17.9. The molecule has 2 aromatic carbocycles. The van der Waals surface area contributed by atoms with Crippen LogP contribution >= 0.6 is 11.6 Å². The number of methoxy groups -OCH3 is 1. The highest BCUT2D eigenvalue weighted by molar-refractivity contribution is 6.33. The van der Waals surface area contributed by atoms with Gasteiger partial charge in [-0.25, -0.2) is 4.98 Å². The maximum Gasteiger partial charge on any atom is 0.259 e. The summed E-state index contributed by atoms with van der Waals surface area (Å²) in [4.78, 5) is 9.01. The fraction of sp³-hybridized carbons (Fsp3) is 0.0500. The largest absolute Gasteiger partial charge is 0.480 e. The Bertz CT molecular complexity index is 1050. The highest BCUT2D eigenvalue weighted by atomic mass is 35.5. The number of hydrogen-bond acceptors (Lipinski definition) is 5. The minimum Gasteiger partial charge on any atom is -0.480 e. The monoisotopic (exact) mass is 363 g/mol. The molecule has 0 aliphatic carbocycles. The molecule has 0 radical (unpaired) electrons. The number of ether oxygens (including phenoxy) is 1. The summed E-state index contributed by atoms with van der Waals surface area (Å²) in [5.41, 5.74) is 3.14. The van der Waals surface area contributed by atoms with E-state index in [2.05, 4.69) is 15.1 Å². The van der Waals surface area contributed by atoms with Gasteiger partial charge in [0.25, 0.3) is 5.89 Å². The van der Waals surface area contributed by atoms with Crippen LogP contribution in [0.2, 0.25) is 5.02 Å². The predicted molar refractivity (Wildman–Crippen MR) is 100.0 cm³/mol. The number of halogens is 1. The quantitative estimate of drug-likeness (QED) is 0.503. The lowest BCUT2D eigenvalue weighted by atomic mass is 10.1. The summed E-state index contributed by atoms with van der Waals surface area (Å²) < 4.78 is 10.8. The summed E-state index contributed by atoms with van der Waals surface area (Å²) in [7, 11) is 1.57. The molecule has 0 unspecified atom stereocenters. The molecule has 0 atom stereocenters. The van der Waals surface area contributed by atoms with E-state index in [0.29, 0.717) is 33.7 Å². The fourth-order valence-electron chi connectivity index (χ4n) is 2.61. The van der Waals surface area contributed by atoms with Crippen LogP contribution in [0.15, 0.2) is 71.3 Å². The van der Waals surface area contributed by atoms with Crippen molar-refractivity contribution in [2.24, 2.45) is 0 Å². The van der Waals surface area contributed by atoms with Crippen LogP contribution in [0.4, 0.5) is 0 Å². The van der Waals surface area contributed by atoms with Crippen LogP contribution in [-0.4, -0.2) is 22.2 Å². The minimum atomic E-state index is 0.347. The zero-order valence-electron chi connectivity index (χ0n) is 13.9. The molecule has 0 spiro atoms. The summed E-state index contributed by atoms with van der Waals surface area (Å²) in [6.45, 7) is 0. The maximum absolute atomic E-state index is 6.20. The molecule has 0 aliphatic heterocycles. The van der Waals surface area contributed by atoms with Crippen molar-refractivity contribution in [3.05, 3.63) is 71.8 Å². The Hall–Kier alpha value is -3.18. The Morgan fingerprint density at radius 2 is 1.62 bits per heavy atom. The van der Waals surface area contributed by atoms with E-state index in [1.165, 1.54) is 0 Å². The Labute approximate surface area is 155 Å². The van der Waals surface area contributed by atoms with Crippen molar-refractivity contribution in [2.75, 3.05) is 7.11 Å². The van der Waals surface area contributed by atoms with Gasteiger partial charge in [-0.1, -0.05) is 59.2 Å². The normalized spacial score (nSPS) is 10.7. The standard InChI is InChI=1S/C20H14ClN3O2/c1-25-19-15(11-12-17(22-19)13-7-3-2-4-8-13)18-23-20(26-24-18)14-9-5-6-10-16(14)21/h2-12H,1H3. The van der Waals surface area contributed by atoms with Gasteiger partial charge in [-0.15, -0.1) is 0 Å². The van der Waals surface area contributed by atoms with Crippen LogP contribution in [0, 0.1) is 0 Å². The SMILES string of the molecule is COc1nc(-c2ccccc2)ccc1-c1noc(-c2ccccc2Cl)n1. The first kappa shape index (κ1) is 16.3. The third kappa shape index (κ3) is 3.05. The first-order chi connectivity index (χ1) is 12.8. The minimum absolute atomic E-state index is 0.347. The van der Waals surface area contributed by atoms with Crippen LogP contribution < -0.4 is 4.74 Å². The second-order valence-electron chi connectivity index (χ2n) is 5.52. The Balaban J connectivity index is 1.74. The van der Waals surface area contributed by atoms with E-state index >= 15 is 0 Å². The zero-order valence-corrected chi connectivity index (χ0v) is 14.6. The Kier molecular flexibility index (Phi) is 4.37. The van der Waals surface area contributed by atoms with Gasteiger partial charge in [0, 0.05) is 5.56 Å². The van der Waals surface area contributed by atoms with E-state index < -0.39 is 0 Å². The van der Waals surface area contributed by atoms with E-state index in [0.717, 1.165) is 11.3 Å². The van der Waals surface area contributed by atoms with Crippen molar-refractivity contribution in [1.29, 1.82) is 0 Å². The first-order valence-electron chi connectivity index (χ1n) is 7.95. The molecule has 2 heterocycles. The lowest BCUT2D eigenvalue weighted by Crippen LogP contribution is -1.95. The fourth-order valence-corrected chi connectivity index (χ4v) is 2.83. The molecule has 0 saturated carbocycles. The molecular weight excluding hydrogens is 350 g/mol. The van der Waals surface area contributed by atoms with Crippen molar-refractivity contribution in [3.63, 3.8) is 0 Å². The van der Waals surface area contributed by atoms with Crippen LogP contribution in [0.25, 0.3) is 34.1 Å². The van der Waals surface area contributed by atoms with E-state index in [4.69, 9.17) is 20.9 Å². The highest BCUT2D eigenvalue weighted by Gasteiger charge is 2.17. The van der Waals surface area contributed by atoms with E-state index in [1.807, 2.05) is 60.7 Å². The van der Waals surface area contributed by atoms with Crippen LogP contribution in [0.5, 0.6) is 5.88 Å². The number of nitrogens with zero attached hydrogens (tertiary/aromatic N) is 3. The van der Waals surface area contributed by atoms with E-state index in [1.54, 1.807) is 13.2 Å². The second-order valence-corrected chi connectivity index (χ2v) is 5.93. The lowest BCUT2D eigenvalue weighted by molar-refractivity contribution is 0.398. The third-order valence-corrected chi connectivity index (χ3v) is 4.22. The van der Waals surface area contributed by atoms with Crippen molar-refractivity contribution < 1.29 is 9.26 Å². The smallest absolute Gasteiger partial charge is 0.259 e. The van der Waals surface area contributed by atoms with Gasteiger partial charge in [0.05, 0.1) is 29.0 Å². The number of rotatable bonds is 4. The van der Waals surface area contributed by atoms with Gasteiger partial charge in [-0.2, -0.15) is 4.98 Å². The van der Waals surface area contributed by atoms with Gasteiger partial charge in [0.15, 0.2) is 0 Å². The van der Waals surface area contributed by atoms with Crippen molar-refractivity contribution in [2.45, 2.75) is 0 Å². The molecule has 4 rings (SSSR count). The topological polar surface area (TPSA) is 61.0 Å². The number of hydrogen-bond donors (Lipinski definition) is 0. The maximum atomic E-state index is 6.20. The van der Waals surface area contributed by atoms with Crippen LogP contribution in [0.3, 0.4) is 0 Å². The Morgan fingerprint density at radius 3 is 2.38 bits per heavy atom. The summed E-state index contributed by atoms with van der Waals surface area (Å²) >= 11 is 6.20. The Morgan fingerprint density at radius 1 is 0.846 bits per heavy atom. The van der Waals surface area contributed by atoms with Gasteiger partial charge in [-0.3, -0.25) is 0 Å². The number of pyridine rings is 1. The molecule has 6 heteroatoms. The molecule has 4 aromatic rings. The average Bonchev–Trinajstić information content (AvgIpc) is 3.18. The average molecular weight is 364 g/mol. The number of aromatic nitrogens is 3. The van der Waals surface area contributed by atoms with Gasteiger partial charge in [0.1, 0.15) is 0 Å². The summed E-state index contributed by atoms with van der Waals surface area (Å²) in [6, 6.07) is 21.0. The lowest BCUT2D eigenvalue weighted by Gasteiger charge is -2.07. The van der Waals surface area contributed by atoms with Gasteiger partial charge in [0.2, 0.25) is 11.7 Å². The summed E-state index contributed by atoms with van der Waals surface area (Å²) in [5.74, 6) is 1.17. The highest BCUT2D eigenvalue weighted by Crippen LogP contribution is 2.32.